The molecule has 0 radical (unpaired) electrons. The van der Waals surface area contributed by atoms with Crippen LogP contribution in [0.5, 0.6) is 0 Å². The molecule has 2 aliphatic rings. The number of amides is 2. The third-order valence-electron chi connectivity index (χ3n) is 5.27. The van der Waals surface area contributed by atoms with E-state index in [0.717, 1.165) is 12.8 Å². The van der Waals surface area contributed by atoms with Gasteiger partial charge in [0, 0.05) is 12.1 Å². The van der Waals surface area contributed by atoms with Crippen molar-refractivity contribution in [2.75, 3.05) is 11.9 Å². The van der Waals surface area contributed by atoms with E-state index in [4.69, 9.17) is 9.47 Å². The number of likely N-dealkylation sites (tertiary alicyclic amines) is 1. The van der Waals surface area contributed by atoms with E-state index in [2.05, 4.69) is 5.32 Å². The third kappa shape index (κ3) is 5.36. The zero-order valence-corrected chi connectivity index (χ0v) is 17.1. The van der Waals surface area contributed by atoms with Crippen molar-refractivity contribution in [3.8, 4) is 0 Å². The number of nitrogens with one attached hydrogen (secondary N) is 1. The smallest absolute Gasteiger partial charge is 0.412 e. The molecule has 1 saturated heterocycles. The zero-order valence-electron chi connectivity index (χ0n) is 17.1. The Morgan fingerprint density at radius 2 is 1.76 bits per heavy atom. The number of nitrogens with zero attached hydrogens (tertiary/aromatic N) is 1. The van der Waals surface area contributed by atoms with Gasteiger partial charge in [0.1, 0.15) is 12.2 Å². The fourth-order valence-electron chi connectivity index (χ4n) is 4.10. The molecule has 0 atom stereocenters. The van der Waals surface area contributed by atoms with Crippen molar-refractivity contribution in [2.24, 2.45) is 0 Å². The number of hydrogen-bond acceptors (Lipinski definition) is 4. The maximum Gasteiger partial charge on any atom is 0.412 e. The van der Waals surface area contributed by atoms with E-state index < -0.39 is 35.8 Å². The Kier molecular flexibility index (Phi) is 5.74. The standard InChI is InChI=1S/C21H28F2N2O4/c1-19(2,3)29-17(26)24-16-8-6-15(7-9-16)12-28-18(27)25-14-21(22,23)13-20(25)10-4-5-11-20/h6-9H,4-5,10-14H2,1-3H3,(H,24,26). The van der Waals surface area contributed by atoms with Gasteiger partial charge in [0.15, 0.2) is 0 Å². The van der Waals surface area contributed by atoms with Gasteiger partial charge in [-0.3, -0.25) is 10.2 Å². The Balaban J connectivity index is 1.54. The van der Waals surface area contributed by atoms with Crippen LogP contribution in [0.2, 0.25) is 0 Å². The van der Waals surface area contributed by atoms with Gasteiger partial charge < -0.3 is 9.47 Å². The van der Waals surface area contributed by atoms with Crippen LogP contribution in [-0.4, -0.2) is 40.7 Å². The van der Waals surface area contributed by atoms with Gasteiger partial charge in [0.2, 0.25) is 0 Å². The highest BCUT2D eigenvalue weighted by atomic mass is 19.3. The van der Waals surface area contributed by atoms with E-state index in [1.807, 2.05) is 0 Å². The summed E-state index contributed by atoms with van der Waals surface area (Å²) in [5.74, 6) is -2.86. The molecule has 1 saturated carbocycles. The largest absolute Gasteiger partial charge is 0.445 e. The fourth-order valence-corrected chi connectivity index (χ4v) is 4.10. The number of rotatable bonds is 3. The minimum atomic E-state index is -2.86. The van der Waals surface area contributed by atoms with Crippen molar-refractivity contribution < 1.29 is 27.8 Å². The molecule has 0 unspecified atom stereocenters. The van der Waals surface area contributed by atoms with Gasteiger partial charge in [-0.2, -0.15) is 0 Å². The van der Waals surface area contributed by atoms with Gasteiger partial charge in [-0.15, -0.1) is 0 Å². The van der Waals surface area contributed by atoms with E-state index in [9.17, 15) is 18.4 Å². The molecule has 160 valence electrons. The topological polar surface area (TPSA) is 67.9 Å². The second-order valence-corrected chi connectivity index (χ2v) is 8.93. The number of hydrogen-bond donors (Lipinski definition) is 1. The lowest BCUT2D eigenvalue weighted by molar-refractivity contribution is 0.00983. The van der Waals surface area contributed by atoms with E-state index in [-0.39, 0.29) is 13.0 Å². The number of anilines is 1. The minimum absolute atomic E-state index is 0.0241. The molecule has 29 heavy (non-hydrogen) atoms. The molecule has 1 aromatic rings. The number of carbonyl (C=O) groups is 2. The van der Waals surface area contributed by atoms with Crippen molar-refractivity contribution in [2.45, 2.75) is 76.5 Å². The zero-order chi connectivity index (χ0) is 21.3. The molecular weight excluding hydrogens is 382 g/mol. The summed E-state index contributed by atoms with van der Waals surface area (Å²) in [5.41, 5.74) is -0.124. The second-order valence-electron chi connectivity index (χ2n) is 8.93. The first-order chi connectivity index (χ1) is 13.5. The second kappa shape index (κ2) is 7.80. The highest BCUT2D eigenvalue weighted by molar-refractivity contribution is 5.84. The molecular formula is C21H28F2N2O4. The Morgan fingerprint density at radius 3 is 2.34 bits per heavy atom. The van der Waals surface area contributed by atoms with Crippen molar-refractivity contribution in [1.29, 1.82) is 0 Å². The normalized spacial score (nSPS) is 20.0. The summed E-state index contributed by atoms with van der Waals surface area (Å²) < 4.78 is 38.4. The Hall–Kier alpha value is -2.38. The molecule has 1 heterocycles. The monoisotopic (exact) mass is 410 g/mol. The lowest BCUT2D eigenvalue weighted by Gasteiger charge is -2.33. The first-order valence-corrected chi connectivity index (χ1v) is 9.89. The van der Waals surface area contributed by atoms with Crippen molar-refractivity contribution in [3.05, 3.63) is 29.8 Å². The third-order valence-corrected chi connectivity index (χ3v) is 5.27. The van der Waals surface area contributed by atoms with E-state index in [1.54, 1.807) is 45.0 Å². The average Bonchev–Trinajstić information content (AvgIpc) is 3.16. The lowest BCUT2D eigenvalue weighted by atomic mass is 9.93. The summed E-state index contributed by atoms with van der Waals surface area (Å²) in [6.45, 7) is 4.72. The summed E-state index contributed by atoms with van der Waals surface area (Å²) in [7, 11) is 0. The molecule has 3 rings (SSSR count). The van der Waals surface area contributed by atoms with Crippen LogP contribution >= 0.6 is 0 Å². The minimum Gasteiger partial charge on any atom is -0.445 e. The maximum absolute atomic E-state index is 14.0. The molecule has 2 fully saturated rings. The summed E-state index contributed by atoms with van der Waals surface area (Å²) in [5, 5.41) is 2.62. The summed E-state index contributed by atoms with van der Waals surface area (Å²) in [6.07, 6.45) is 1.37. The van der Waals surface area contributed by atoms with Crippen LogP contribution in [0.1, 0.15) is 58.4 Å². The predicted molar refractivity (Wildman–Crippen MR) is 104 cm³/mol. The number of benzene rings is 1. The van der Waals surface area contributed by atoms with E-state index >= 15 is 0 Å². The number of ether oxygens (including phenoxy) is 2. The van der Waals surface area contributed by atoms with Crippen LogP contribution < -0.4 is 5.32 Å². The van der Waals surface area contributed by atoms with Crippen LogP contribution in [0, 0.1) is 0 Å². The van der Waals surface area contributed by atoms with Crippen molar-refractivity contribution >= 4 is 17.9 Å². The van der Waals surface area contributed by atoms with Gasteiger partial charge in [0.05, 0.1) is 12.1 Å². The molecule has 1 aromatic carbocycles. The first kappa shape index (κ1) is 21.3. The van der Waals surface area contributed by atoms with Crippen molar-refractivity contribution in [1.82, 2.24) is 4.90 Å². The molecule has 1 aliphatic carbocycles. The molecule has 1 spiro atoms. The summed E-state index contributed by atoms with van der Waals surface area (Å²) in [4.78, 5) is 25.5. The van der Waals surface area contributed by atoms with Gasteiger partial charge in [-0.25, -0.2) is 18.4 Å². The number of halogens is 2. The molecule has 1 N–H and O–H groups in total. The fraction of sp³-hybridized carbons (Fsp3) is 0.619. The molecule has 0 bridgehead atoms. The highest BCUT2D eigenvalue weighted by Gasteiger charge is 2.57. The molecule has 0 aromatic heterocycles. The SMILES string of the molecule is CC(C)(C)OC(=O)Nc1ccc(COC(=O)N2CC(F)(F)CC23CCCC3)cc1. The van der Waals surface area contributed by atoms with Crippen LogP contribution in [0.4, 0.5) is 24.1 Å². The average molecular weight is 410 g/mol. The summed E-state index contributed by atoms with van der Waals surface area (Å²) in [6, 6.07) is 6.72. The van der Waals surface area contributed by atoms with Gasteiger partial charge in [-0.05, 0) is 51.3 Å². The summed E-state index contributed by atoms with van der Waals surface area (Å²) >= 11 is 0. The molecule has 8 heteroatoms. The van der Waals surface area contributed by atoms with E-state index in [1.165, 1.54) is 4.90 Å². The Bertz CT molecular complexity index is 753. The van der Waals surface area contributed by atoms with Gasteiger partial charge in [0.25, 0.3) is 5.92 Å². The number of alkyl halides is 2. The number of carbonyl (C=O) groups excluding carboxylic acids is 2. The van der Waals surface area contributed by atoms with Gasteiger partial charge in [-0.1, -0.05) is 25.0 Å². The van der Waals surface area contributed by atoms with Gasteiger partial charge >= 0.3 is 12.2 Å². The maximum atomic E-state index is 14.0. The van der Waals surface area contributed by atoms with Crippen LogP contribution in [-0.2, 0) is 16.1 Å². The first-order valence-electron chi connectivity index (χ1n) is 9.89. The Morgan fingerprint density at radius 1 is 1.14 bits per heavy atom. The molecule has 1 aliphatic heterocycles. The van der Waals surface area contributed by atoms with Crippen LogP contribution in [0.3, 0.4) is 0 Å². The van der Waals surface area contributed by atoms with E-state index in [0.29, 0.717) is 24.1 Å². The predicted octanol–water partition coefficient (Wildman–Crippen LogP) is 5.32. The molecule has 6 nitrogen and oxygen atoms in total. The highest BCUT2D eigenvalue weighted by Crippen LogP contribution is 2.48. The molecule has 2 amide bonds. The van der Waals surface area contributed by atoms with Crippen LogP contribution in [0.15, 0.2) is 24.3 Å². The van der Waals surface area contributed by atoms with Crippen molar-refractivity contribution in [3.63, 3.8) is 0 Å². The Labute approximate surface area is 169 Å². The lowest BCUT2D eigenvalue weighted by Crippen LogP contribution is -2.45. The quantitative estimate of drug-likeness (QED) is 0.732. The van der Waals surface area contributed by atoms with Crippen LogP contribution in [0.25, 0.3) is 0 Å².